The van der Waals surface area contributed by atoms with E-state index in [1.54, 1.807) is 30.3 Å². The lowest BCUT2D eigenvalue weighted by Crippen LogP contribution is -1.98. The van der Waals surface area contributed by atoms with Crippen LogP contribution in [0.2, 0.25) is 5.02 Å². The number of cyclic esters (lactones) is 1. The number of hydrogen-bond donors (Lipinski definition) is 0. The van der Waals surface area contributed by atoms with Crippen LogP contribution in [0.5, 0.6) is 0 Å². The summed E-state index contributed by atoms with van der Waals surface area (Å²) >= 11 is 5.95. The van der Waals surface area contributed by atoms with Gasteiger partial charge in [0.25, 0.3) is 0 Å². The normalized spacial score (nSPS) is 14.8. The van der Waals surface area contributed by atoms with Gasteiger partial charge in [0.2, 0.25) is 0 Å². The van der Waals surface area contributed by atoms with Crippen LogP contribution in [-0.2, 0) is 16.1 Å². The average Bonchev–Trinajstić information content (AvgIpc) is 3.31. The zero-order valence-corrected chi connectivity index (χ0v) is 17.1. The average molecular weight is 430 g/mol. The van der Waals surface area contributed by atoms with E-state index in [-0.39, 0.29) is 11.8 Å². The molecule has 0 saturated heterocycles. The summed E-state index contributed by atoms with van der Waals surface area (Å²) in [7, 11) is 0. The standard InChI is InChI=1S/C26H17ClFNO2/c27-21-9-7-18(8-10-21)25-14-19(26(30)31-25)13-20-16-29(24-4-2-1-3-23(20)24)15-17-5-11-22(28)12-6-17/h1-14,16H,15H2. The van der Waals surface area contributed by atoms with Gasteiger partial charge in [0.15, 0.2) is 0 Å². The van der Waals surface area contributed by atoms with E-state index in [0.29, 0.717) is 22.9 Å². The molecule has 0 fully saturated rings. The van der Waals surface area contributed by atoms with Crippen molar-refractivity contribution in [1.82, 2.24) is 4.57 Å². The molecular weight excluding hydrogens is 413 g/mol. The summed E-state index contributed by atoms with van der Waals surface area (Å²) < 4.78 is 20.8. The largest absolute Gasteiger partial charge is 0.422 e. The highest BCUT2D eigenvalue weighted by molar-refractivity contribution is 6.30. The molecular formula is C26H17ClFNO2. The molecule has 5 rings (SSSR count). The Labute approximate surface area is 183 Å². The highest BCUT2D eigenvalue weighted by Crippen LogP contribution is 2.30. The highest BCUT2D eigenvalue weighted by Gasteiger charge is 2.22. The molecule has 0 atom stereocenters. The van der Waals surface area contributed by atoms with E-state index < -0.39 is 0 Å². The third-order valence-electron chi connectivity index (χ3n) is 5.25. The van der Waals surface area contributed by atoms with Gasteiger partial charge >= 0.3 is 5.97 Å². The first-order valence-corrected chi connectivity index (χ1v) is 10.2. The molecule has 4 aromatic rings. The van der Waals surface area contributed by atoms with Crippen LogP contribution in [0, 0.1) is 5.82 Å². The highest BCUT2D eigenvalue weighted by atomic mass is 35.5. The van der Waals surface area contributed by atoms with Crippen molar-refractivity contribution >= 4 is 40.3 Å². The zero-order valence-electron chi connectivity index (χ0n) is 16.4. The van der Waals surface area contributed by atoms with Crippen molar-refractivity contribution in [2.24, 2.45) is 0 Å². The van der Waals surface area contributed by atoms with Crippen LogP contribution in [0.1, 0.15) is 16.7 Å². The van der Waals surface area contributed by atoms with Gasteiger partial charge in [-0.25, -0.2) is 9.18 Å². The van der Waals surface area contributed by atoms with Crippen LogP contribution in [0.4, 0.5) is 4.39 Å². The number of aromatic nitrogens is 1. The molecule has 3 nitrogen and oxygen atoms in total. The Balaban J connectivity index is 1.52. The van der Waals surface area contributed by atoms with E-state index in [9.17, 15) is 9.18 Å². The molecule has 152 valence electrons. The van der Waals surface area contributed by atoms with Crippen LogP contribution < -0.4 is 0 Å². The van der Waals surface area contributed by atoms with Gasteiger partial charge < -0.3 is 9.30 Å². The first kappa shape index (κ1) is 19.3. The fourth-order valence-corrected chi connectivity index (χ4v) is 3.85. The second-order valence-corrected chi connectivity index (χ2v) is 7.80. The monoisotopic (exact) mass is 429 g/mol. The number of rotatable bonds is 4. The molecule has 1 aliphatic heterocycles. The van der Waals surface area contributed by atoms with Gasteiger partial charge in [0.05, 0.1) is 5.57 Å². The molecule has 3 aromatic carbocycles. The van der Waals surface area contributed by atoms with E-state index in [2.05, 4.69) is 4.57 Å². The van der Waals surface area contributed by atoms with Gasteiger partial charge in [0, 0.05) is 39.8 Å². The molecule has 0 unspecified atom stereocenters. The first-order valence-electron chi connectivity index (χ1n) is 9.81. The van der Waals surface area contributed by atoms with Crippen molar-refractivity contribution < 1.29 is 13.9 Å². The maximum atomic E-state index is 13.3. The van der Waals surface area contributed by atoms with Crippen LogP contribution in [0.3, 0.4) is 0 Å². The topological polar surface area (TPSA) is 31.2 Å². The second kappa shape index (κ2) is 7.89. The number of esters is 1. The molecule has 0 radical (unpaired) electrons. The number of carbonyl (C=O) groups excluding carboxylic acids is 1. The molecule has 5 heteroatoms. The Morgan fingerprint density at radius 1 is 0.968 bits per heavy atom. The fourth-order valence-electron chi connectivity index (χ4n) is 3.72. The van der Waals surface area contributed by atoms with Crippen molar-refractivity contribution in [3.8, 4) is 0 Å². The number of carbonyl (C=O) groups is 1. The summed E-state index contributed by atoms with van der Waals surface area (Å²) in [4.78, 5) is 12.5. The number of hydrogen-bond acceptors (Lipinski definition) is 2. The lowest BCUT2D eigenvalue weighted by molar-refractivity contribution is -0.130. The number of halogens is 2. The number of nitrogens with zero attached hydrogens (tertiary/aromatic N) is 1. The van der Waals surface area contributed by atoms with Gasteiger partial charge in [-0.2, -0.15) is 0 Å². The molecule has 2 heterocycles. The first-order chi connectivity index (χ1) is 15.1. The Morgan fingerprint density at radius 3 is 2.48 bits per heavy atom. The fraction of sp³-hybridized carbons (Fsp3) is 0.0385. The van der Waals surface area contributed by atoms with Gasteiger partial charge in [-0.05, 0) is 60.2 Å². The van der Waals surface area contributed by atoms with Crippen LogP contribution >= 0.6 is 11.6 Å². The summed E-state index contributed by atoms with van der Waals surface area (Å²) in [6.07, 6.45) is 5.59. The maximum absolute atomic E-state index is 13.3. The molecule has 31 heavy (non-hydrogen) atoms. The van der Waals surface area contributed by atoms with Crippen molar-refractivity contribution in [3.05, 3.63) is 118 Å². The minimum absolute atomic E-state index is 0.255. The SMILES string of the molecule is O=C1OC(c2ccc(Cl)cc2)=CC1=Cc1cn(Cc2ccc(F)cc2)c2ccccc12. The van der Waals surface area contributed by atoms with Crippen LogP contribution in [0.25, 0.3) is 22.7 Å². The second-order valence-electron chi connectivity index (χ2n) is 7.36. The lowest BCUT2D eigenvalue weighted by atomic mass is 10.1. The predicted molar refractivity (Wildman–Crippen MR) is 121 cm³/mol. The number of fused-ring (bicyclic) bond motifs is 1. The molecule has 0 bridgehead atoms. The summed E-state index contributed by atoms with van der Waals surface area (Å²) in [5, 5.41) is 1.65. The van der Waals surface area contributed by atoms with Crippen LogP contribution in [0.15, 0.2) is 90.6 Å². The van der Waals surface area contributed by atoms with E-state index in [1.807, 2.05) is 48.7 Å². The number of para-hydroxylation sites is 1. The minimum Gasteiger partial charge on any atom is -0.422 e. The molecule has 0 amide bonds. The molecule has 0 spiro atoms. The van der Waals surface area contributed by atoms with Crippen molar-refractivity contribution in [1.29, 1.82) is 0 Å². The van der Waals surface area contributed by atoms with E-state index >= 15 is 0 Å². The minimum atomic E-state index is -0.389. The molecule has 0 aliphatic carbocycles. The maximum Gasteiger partial charge on any atom is 0.343 e. The number of benzene rings is 3. The lowest BCUT2D eigenvalue weighted by Gasteiger charge is -2.05. The van der Waals surface area contributed by atoms with Gasteiger partial charge in [-0.15, -0.1) is 0 Å². The summed E-state index contributed by atoms with van der Waals surface area (Å²) in [6.45, 7) is 0.597. The third-order valence-corrected chi connectivity index (χ3v) is 5.50. The van der Waals surface area contributed by atoms with E-state index in [0.717, 1.165) is 27.6 Å². The molecule has 1 aliphatic rings. The molecule has 1 aromatic heterocycles. The zero-order chi connectivity index (χ0) is 21.4. The molecule has 0 saturated carbocycles. The Morgan fingerprint density at radius 2 is 1.71 bits per heavy atom. The predicted octanol–water partition coefficient (Wildman–Crippen LogP) is 6.46. The quantitative estimate of drug-likeness (QED) is 0.275. The smallest absolute Gasteiger partial charge is 0.343 e. The third kappa shape index (κ3) is 3.90. The summed E-state index contributed by atoms with van der Waals surface area (Å²) in [6, 6.07) is 21.6. The Kier molecular flexibility index (Phi) is 4.92. The Bertz CT molecular complexity index is 1350. The van der Waals surface area contributed by atoms with Crippen molar-refractivity contribution in [2.75, 3.05) is 0 Å². The summed E-state index contributed by atoms with van der Waals surface area (Å²) in [5.74, 6) is -0.141. The summed E-state index contributed by atoms with van der Waals surface area (Å²) in [5.41, 5.74) is 4.21. The van der Waals surface area contributed by atoms with Crippen LogP contribution in [-0.4, -0.2) is 10.5 Å². The number of ether oxygens (including phenoxy) is 1. The van der Waals surface area contributed by atoms with Gasteiger partial charge in [-0.3, -0.25) is 0 Å². The molecule has 0 N–H and O–H groups in total. The van der Waals surface area contributed by atoms with E-state index in [1.165, 1.54) is 12.1 Å². The Hall–Kier alpha value is -3.63. The van der Waals surface area contributed by atoms with Crippen molar-refractivity contribution in [3.63, 3.8) is 0 Å². The van der Waals surface area contributed by atoms with E-state index in [4.69, 9.17) is 16.3 Å². The van der Waals surface area contributed by atoms with Gasteiger partial charge in [-0.1, -0.05) is 41.9 Å². The van der Waals surface area contributed by atoms with Gasteiger partial charge in [0.1, 0.15) is 11.6 Å². The van der Waals surface area contributed by atoms with Crippen molar-refractivity contribution in [2.45, 2.75) is 6.54 Å².